The van der Waals surface area contributed by atoms with Gasteiger partial charge in [0.2, 0.25) is 6.61 Å². The first kappa shape index (κ1) is 12.9. The van der Waals surface area contributed by atoms with Crippen LogP contribution in [0.4, 0.5) is 0 Å². The third-order valence-electron chi connectivity index (χ3n) is 2.59. The molecule has 0 saturated carbocycles. The van der Waals surface area contributed by atoms with Gasteiger partial charge in [-0.1, -0.05) is 35.5 Å². The third-order valence-corrected chi connectivity index (χ3v) is 2.59. The molecular weight excluding hydrogens is 246 g/mol. The Morgan fingerprint density at radius 2 is 2.11 bits per heavy atom. The van der Waals surface area contributed by atoms with Gasteiger partial charge < -0.3 is 14.7 Å². The van der Waals surface area contributed by atoms with Gasteiger partial charge in [0.05, 0.1) is 13.3 Å². The molecule has 0 radical (unpaired) electrons. The van der Waals surface area contributed by atoms with E-state index in [4.69, 9.17) is 9.84 Å². The first-order valence-electron chi connectivity index (χ1n) is 5.65. The average Bonchev–Trinajstić information content (AvgIpc) is 2.43. The minimum absolute atomic E-state index is 0.469. The Labute approximate surface area is 110 Å². The van der Waals surface area contributed by atoms with E-state index in [9.17, 15) is 4.79 Å². The number of nitrogens with zero attached hydrogens (tertiary/aromatic N) is 1. The summed E-state index contributed by atoms with van der Waals surface area (Å²) in [6, 6.07) is 11.6. The van der Waals surface area contributed by atoms with Gasteiger partial charge in [0.15, 0.2) is 0 Å². The smallest absolute Gasteiger partial charge is 0.344 e. The van der Waals surface area contributed by atoms with Crippen LogP contribution >= 0.6 is 0 Å². The summed E-state index contributed by atoms with van der Waals surface area (Å²) in [5.74, 6) is -0.414. The maximum atomic E-state index is 10.3. The molecule has 0 fully saturated rings. The molecule has 2 rings (SSSR count). The van der Waals surface area contributed by atoms with E-state index in [-0.39, 0.29) is 0 Å². The molecular formula is C14H13NO4. The Morgan fingerprint density at radius 3 is 2.84 bits per heavy atom. The van der Waals surface area contributed by atoms with Crippen LogP contribution in [-0.4, -0.2) is 31.0 Å². The average molecular weight is 259 g/mol. The van der Waals surface area contributed by atoms with Gasteiger partial charge in [-0.25, -0.2) is 4.79 Å². The molecule has 0 spiro atoms. The van der Waals surface area contributed by atoms with Crippen molar-refractivity contribution in [2.24, 2.45) is 5.16 Å². The predicted octanol–water partition coefficient (Wildman–Crippen LogP) is 2.28. The summed E-state index contributed by atoms with van der Waals surface area (Å²) in [5.41, 5.74) is 0.756. The van der Waals surface area contributed by atoms with Crippen molar-refractivity contribution in [3.63, 3.8) is 0 Å². The molecule has 0 aliphatic heterocycles. The van der Waals surface area contributed by atoms with E-state index in [1.54, 1.807) is 7.11 Å². The summed E-state index contributed by atoms with van der Waals surface area (Å²) in [7, 11) is 1.57. The second-order valence-electron chi connectivity index (χ2n) is 3.80. The first-order chi connectivity index (χ1) is 9.22. The Morgan fingerprint density at radius 1 is 1.32 bits per heavy atom. The summed E-state index contributed by atoms with van der Waals surface area (Å²) in [5, 5.41) is 14.1. The molecule has 2 aromatic rings. The summed E-state index contributed by atoms with van der Waals surface area (Å²) in [4.78, 5) is 15.0. The highest BCUT2D eigenvalue weighted by Gasteiger charge is 2.06. The number of ether oxygens (including phenoxy) is 1. The molecule has 0 atom stereocenters. The van der Waals surface area contributed by atoms with Gasteiger partial charge in [0.25, 0.3) is 0 Å². The van der Waals surface area contributed by atoms with Crippen LogP contribution in [0.2, 0.25) is 0 Å². The fourth-order valence-corrected chi connectivity index (χ4v) is 1.77. The molecule has 0 aromatic heterocycles. The summed E-state index contributed by atoms with van der Waals surface area (Å²) in [6.07, 6.45) is 1.46. The van der Waals surface area contributed by atoms with E-state index in [0.29, 0.717) is 5.75 Å². The SMILES string of the molecule is COc1ccc2ccccc2c1C=NOCC(=O)O. The van der Waals surface area contributed by atoms with Crippen molar-refractivity contribution in [2.75, 3.05) is 13.7 Å². The number of oxime groups is 1. The maximum absolute atomic E-state index is 10.3. The maximum Gasteiger partial charge on any atom is 0.344 e. The minimum atomic E-state index is -1.07. The van der Waals surface area contributed by atoms with E-state index < -0.39 is 12.6 Å². The second kappa shape index (κ2) is 5.86. The predicted molar refractivity (Wildman–Crippen MR) is 71.7 cm³/mol. The van der Waals surface area contributed by atoms with Gasteiger partial charge >= 0.3 is 5.97 Å². The van der Waals surface area contributed by atoms with Crippen molar-refractivity contribution in [1.29, 1.82) is 0 Å². The van der Waals surface area contributed by atoms with Crippen LogP contribution in [0.15, 0.2) is 41.6 Å². The number of fused-ring (bicyclic) bond motifs is 1. The molecule has 0 saturated heterocycles. The fourth-order valence-electron chi connectivity index (χ4n) is 1.77. The molecule has 0 bridgehead atoms. The highest BCUT2D eigenvalue weighted by Crippen LogP contribution is 2.26. The molecule has 19 heavy (non-hydrogen) atoms. The van der Waals surface area contributed by atoms with Crippen molar-refractivity contribution < 1.29 is 19.5 Å². The number of carboxylic acids is 1. The van der Waals surface area contributed by atoms with Gasteiger partial charge in [-0.3, -0.25) is 0 Å². The Balaban J connectivity index is 2.36. The van der Waals surface area contributed by atoms with Gasteiger partial charge in [-0.05, 0) is 16.8 Å². The summed E-state index contributed by atoms with van der Waals surface area (Å²) >= 11 is 0. The largest absolute Gasteiger partial charge is 0.496 e. The molecule has 0 unspecified atom stereocenters. The van der Waals surface area contributed by atoms with Gasteiger partial charge in [0, 0.05) is 5.56 Å². The van der Waals surface area contributed by atoms with Crippen LogP contribution in [0.25, 0.3) is 10.8 Å². The van der Waals surface area contributed by atoms with Crippen molar-refractivity contribution in [3.8, 4) is 5.75 Å². The van der Waals surface area contributed by atoms with Crippen molar-refractivity contribution in [3.05, 3.63) is 42.0 Å². The fraction of sp³-hybridized carbons (Fsp3) is 0.143. The van der Waals surface area contributed by atoms with Crippen LogP contribution in [-0.2, 0) is 9.63 Å². The molecule has 1 N–H and O–H groups in total. The summed E-state index contributed by atoms with van der Waals surface area (Å²) in [6.45, 7) is -0.469. The lowest BCUT2D eigenvalue weighted by molar-refractivity contribution is -0.142. The minimum Gasteiger partial charge on any atom is -0.496 e. The number of rotatable bonds is 5. The van der Waals surface area contributed by atoms with E-state index in [1.807, 2.05) is 36.4 Å². The highest BCUT2D eigenvalue weighted by molar-refractivity contribution is 6.02. The van der Waals surface area contributed by atoms with Crippen molar-refractivity contribution in [2.45, 2.75) is 0 Å². The zero-order chi connectivity index (χ0) is 13.7. The topological polar surface area (TPSA) is 68.1 Å². The Bertz CT molecular complexity index is 622. The number of methoxy groups -OCH3 is 1. The van der Waals surface area contributed by atoms with Crippen LogP contribution < -0.4 is 4.74 Å². The number of benzene rings is 2. The van der Waals surface area contributed by atoms with E-state index in [1.165, 1.54) is 6.21 Å². The van der Waals surface area contributed by atoms with Gasteiger partial charge in [-0.2, -0.15) is 0 Å². The molecule has 0 amide bonds. The zero-order valence-electron chi connectivity index (χ0n) is 10.4. The van der Waals surface area contributed by atoms with Gasteiger partial charge in [0.1, 0.15) is 5.75 Å². The normalized spacial score (nSPS) is 10.8. The lowest BCUT2D eigenvalue weighted by Crippen LogP contribution is -2.03. The van der Waals surface area contributed by atoms with E-state index in [2.05, 4.69) is 9.99 Å². The highest BCUT2D eigenvalue weighted by atomic mass is 16.6. The first-order valence-corrected chi connectivity index (χ1v) is 5.65. The molecule has 98 valence electrons. The number of carboxylic acid groups (broad SMARTS) is 1. The lowest BCUT2D eigenvalue weighted by Gasteiger charge is -2.07. The van der Waals surface area contributed by atoms with E-state index in [0.717, 1.165) is 16.3 Å². The third kappa shape index (κ3) is 3.01. The number of aliphatic carboxylic acids is 1. The standard InChI is InChI=1S/C14H13NO4/c1-18-13-7-6-10-4-2-3-5-11(10)12(13)8-15-19-9-14(16)17/h2-8H,9H2,1H3,(H,16,17). The quantitative estimate of drug-likeness (QED) is 0.660. The number of carbonyl (C=O) groups is 1. The van der Waals surface area contributed by atoms with Crippen molar-refractivity contribution in [1.82, 2.24) is 0 Å². The zero-order valence-corrected chi connectivity index (χ0v) is 10.4. The molecule has 0 aliphatic rings. The molecule has 0 heterocycles. The Hall–Kier alpha value is -2.56. The molecule has 2 aromatic carbocycles. The molecule has 5 heteroatoms. The van der Waals surface area contributed by atoms with Crippen LogP contribution in [0.3, 0.4) is 0 Å². The number of hydrogen-bond donors (Lipinski definition) is 1. The van der Waals surface area contributed by atoms with Crippen LogP contribution in [0, 0.1) is 0 Å². The van der Waals surface area contributed by atoms with E-state index >= 15 is 0 Å². The van der Waals surface area contributed by atoms with Crippen LogP contribution in [0.5, 0.6) is 5.75 Å². The molecule has 5 nitrogen and oxygen atoms in total. The Kier molecular flexibility index (Phi) is 3.97. The number of hydrogen-bond acceptors (Lipinski definition) is 4. The summed E-state index contributed by atoms with van der Waals surface area (Å²) < 4.78 is 5.27. The van der Waals surface area contributed by atoms with Gasteiger partial charge in [-0.15, -0.1) is 0 Å². The monoisotopic (exact) mass is 259 g/mol. The lowest BCUT2D eigenvalue weighted by atomic mass is 10.0. The van der Waals surface area contributed by atoms with Crippen molar-refractivity contribution >= 4 is 23.0 Å². The van der Waals surface area contributed by atoms with Crippen LogP contribution in [0.1, 0.15) is 5.56 Å². The second-order valence-corrected chi connectivity index (χ2v) is 3.80. The molecule has 0 aliphatic carbocycles.